The van der Waals surface area contributed by atoms with E-state index < -0.39 is 0 Å². The number of benzene rings is 7. The topological polar surface area (TPSA) is 9.72 Å². The number of nitrogens with zero attached hydrogens (tertiary/aromatic N) is 3. The number of anilines is 9. The van der Waals surface area contributed by atoms with Crippen molar-refractivity contribution in [1.82, 2.24) is 0 Å². The minimum Gasteiger partial charge on any atom is -0.311 e. The number of hydrogen-bond acceptors (Lipinski definition) is 3. The van der Waals surface area contributed by atoms with Gasteiger partial charge in [0.1, 0.15) is 0 Å². The summed E-state index contributed by atoms with van der Waals surface area (Å²) >= 11 is 0. The summed E-state index contributed by atoms with van der Waals surface area (Å²) in [7, 11) is 0. The van der Waals surface area contributed by atoms with Gasteiger partial charge in [-0.1, -0.05) is 108 Å². The van der Waals surface area contributed by atoms with Gasteiger partial charge in [0, 0.05) is 45.5 Å². The van der Waals surface area contributed by atoms with Gasteiger partial charge < -0.3 is 14.7 Å². The number of para-hydroxylation sites is 4. The molecule has 0 amide bonds. The van der Waals surface area contributed by atoms with Gasteiger partial charge in [-0.3, -0.25) is 0 Å². The van der Waals surface area contributed by atoms with E-state index in [0.29, 0.717) is 0 Å². The summed E-state index contributed by atoms with van der Waals surface area (Å²) in [5.74, 6) is 0. The number of hydrogen-bond donors (Lipinski definition) is 0. The zero-order valence-corrected chi connectivity index (χ0v) is 31.7. The first-order valence-corrected chi connectivity index (χ1v) is 18.7. The van der Waals surface area contributed by atoms with E-state index in [1.54, 1.807) is 0 Å². The van der Waals surface area contributed by atoms with Crippen LogP contribution in [-0.4, -0.2) is 6.71 Å². The monoisotopic (exact) mass is 685 g/mol. The van der Waals surface area contributed by atoms with Crippen LogP contribution in [0.3, 0.4) is 0 Å². The average Bonchev–Trinajstić information content (AvgIpc) is 3.14. The standard InChI is InChI=1S/C49H44BN3/c1-31-23-25-43(36(6)27-31)51(44-26-24-32(2)28-37(44)7)39-29-45-47-46(30-39)53(42-22-12-11-15-33(42)3)49-35(5)17-14-21-41(49)50(47)40-20-13-16-34(4)48(40)52(45)38-18-9-8-10-19-38/h8-30H,1-7H3. The minimum atomic E-state index is 0.0646. The van der Waals surface area contributed by atoms with E-state index in [-0.39, 0.29) is 6.71 Å². The summed E-state index contributed by atoms with van der Waals surface area (Å²) in [6, 6.07) is 52.1. The molecule has 9 rings (SSSR count). The Kier molecular flexibility index (Phi) is 7.82. The molecule has 2 aliphatic rings. The van der Waals surface area contributed by atoms with E-state index in [2.05, 4.69) is 203 Å². The average molecular weight is 686 g/mol. The van der Waals surface area contributed by atoms with Crippen molar-refractivity contribution in [3.05, 3.63) is 178 Å². The highest BCUT2D eigenvalue weighted by Crippen LogP contribution is 2.50. The molecule has 0 aliphatic carbocycles. The maximum absolute atomic E-state index is 2.56. The lowest BCUT2D eigenvalue weighted by molar-refractivity contribution is 1.18. The van der Waals surface area contributed by atoms with E-state index >= 15 is 0 Å². The molecule has 0 bridgehead atoms. The molecule has 53 heavy (non-hydrogen) atoms. The van der Waals surface area contributed by atoms with Crippen molar-refractivity contribution in [3.8, 4) is 0 Å². The van der Waals surface area contributed by atoms with Gasteiger partial charge >= 0.3 is 0 Å². The van der Waals surface area contributed by atoms with E-state index in [1.165, 1.54) is 95.1 Å². The Balaban J connectivity index is 1.46. The quantitative estimate of drug-likeness (QED) is 0.167. The molecule has 2 aliphatic heterocycles. The van der Waals surface area contributed by atoms with Crippen molar-refractivity contribution in [2.75, 3.05) is 14.7 Å². The molecular weight excluding hydrogens is 641 g/mol. The zero-order valence-electron chi connectivity index (χ0n) is 31.7. The summed E-state index contributed by atoms with van der Waals surface area (Å²) in [4.78, 5) is 7.59. The van der Waals surface area contributed by atoms with Crippen molar-refractivity contribution >= 4 is 74.3 Å². The number of fused-ring (bicyclic) bond motifs is 4. The zero-order chi connectivity index (χ0) is 36.5. The highest BCUT2D eigenvalue weighted by atomic mass is 15.2. The molecule has 0 spiro atoms. The van der Waals surface area contributed by atoms with Gasteiger partial charge in [-0.2, -0.15) is 0 Å². The Morgan fingerprint density at radius 1 is 0.415 bits per heavy atom. The van der Waals surface area contributed by atoms with E-state index in [1.807, 2.05) is 0 Å². The van der Waals surface area contributed by atoms with Crippen LogP contribution < -0.4 is 31.1 Å². The fourth-order valence-electron chi connectivity index (χ4n) is 8.99. The fourth-order valence-corrected chi connectivity index (χ4v) is 8.99. The number of rotatable bonds is 5. The lowest BCUT2D eigenvalue weighted by atomic mass is 9.33. The van der Waals surface area contributed by atoms with Gasteiger partial charge in [0.15, 0.2) is 0 Å². The Labute approximate surface area is 314 Å². The van der Waals surface area contributed by atoms with Crippen molar-refractivity contribution < 1.29 is 0 Å². The molecule has 0 saturated heterocycles. The Morgan fingerprint density at radius 3 is 1.49 bits per heavy atom. The molecule has 7 aromatic carbocycles. The molecule has 0 N–H and O–H groups in total. The second-order valence-corrected chi connectivity index (χ2v) is 15.1. The maximum Gasteiger partial charge on any atom is 0.252 e. The lowest BCUT2D eigenvalue weighted by Crippen LogP contribution is -2.61. The molecule has 0 aromatic heterocycles. The minimum absolute atomic E-state index is 0.0646. The van der Waals surface area contributed by atoms with Gasteiger partial charge in [0.05, 0.1) is 5.69 Å². The van der Waals surface area contributed by atoms with Crippen LogP contribution in [0.5, 0.6) is 0 Å². The molecule has 0 unspecified atom stereocenters. The van der Waals surface area contributed by atoms with Gasteiger partial charge in [-0.25, -0.2) is 0 Å². The molecule has 0 atom stereocenters. The lowest BCUT2D eigenvalue weighted by Gasteiger charge is -2.46. The Hall–Kier alpha value is -6.00. The third-order valence-corrected chi connectivity index (χ3v) is 11.3. The highest BCUT2D eigenvalue weighted by Gasteiger charge is 2.45. The summed E-state index contributed by atoms with van der Waals surface area (Å²) in [5.41, 5.74) is 23.6. The fraction of sp³-hybridized carbons (Fsp3) is 0.143. The first-order valence-electron chi connectivity index (χ1n) is 18.7. The van der Waals surface area contributed by atoms with Gasteiger partial charge in [-0.15, -0.1) is 0 Å². The largest absolute Gasteiger partial charge is 0.311 e. The first kappa shape index (κ1) is 32.9. The van der Waals surface area contributed by atoms with E-state index in [4.69, 9.17) is 0 Å². The SMILES string of the molecule is Cc1ccc(N(c2cc3c4c(c2)N(c2ccccc2C)c2c(C)cccc2B4c2cccc(C)c2N3c2ccccc2)c2ccc(C)cc2C)c(C)c1. The molecule has 3 nitrogen and oxygen atoms in total. The van der Waals surface area contributed by atoms with Crippen LogP contribution in [-0.2, 0) is 0 Å². The molecule has 258 valence electrons. The molecule has 2 heterocycles. The molecular formula is C49H44BN3. The van der Waals surface area contributed by atoms with Crippen LogP contribution in [0.15, 0.2) is 140 Å². The molecule has 7 aromatic rings. The van der Waals surface area contributed by atoms with Crippen LogP contribution >= 0.6 is 0 Å². The Morgan fingerprint density at radius 2 is 0.925 bits per heavy atom. The third kappa shape index (κ3) is 5.19. The normalized spacial score (nSPS) is 12.7. The van der Waals surface area contributed by atoms with Crippen LogP contribution in [0, 0.1) is 48.5 Å². The highest BCUT2D eigenvalue weighted by molar-refractivity contribution is 7.00. The predicted octanol–water partition coefficient (Wildman–Crippen LogP) is 11.4. The van der Waals surface area contributed by atoms with Gasteiger partial charge in [-0.05, 0) is 135 Å². The number of aryl methyl sites for hydroxylation is 7. The van der Waals surface area contributed by atoms with Crippen LogP contribution in [0.4, 0.5) is 51.2 Å². The molecule has 0 radical (unpaired) electrons. The van der Waals surface area contributed by atoms with Crippen molar-refractivity contribution in [3.63, 3.8) is 0 Å². The van der Waals surface area contributed by atoms with Crippen LogP contribution in [0.25, 0.3) is 0 Å². The van der Waals surface area contributed by atoms with Crippen LogP contribution in [0.2, 0.25) is 0 Å². The van der Waals surface area contributed by atoms with Crippen molar-refractivity contribution in [1.29, 1.82) is 0 Å². The van der Waals surface area contributed by atoms with Gasteiger partial charge in [0.2, 0.25) is 0 Å². The van der Waals surface area contributed by atoms with Crippen molar-refractivity contribution in [2.45, 2.75) is 48.5 Å². The summed E-state index contributed by atoms with van der Waals surface area (Å²) in [6.45, 7) is 15.7. The third-order valence-electron chi connectivity index (χ3n) is 11.3. The van der Waals surface area contributed by atoms with Gasteiger partial charge in [0.25, 0.3) is 6.71 Å². The molecule has 0 fully saturated rings. The maximum atomic E-state index is 2.56. The molecule has 4 heteroatoms. The smallest absolute Gasteiger partial charge is 0.252 e. The predicted molar refractivity (Wildman–Crippen MR) is 228 cm³/mol. The van der Waals surface area contributed by atoms with E-state index in [0.717, 1.165) is 11.4 Å². The second kappa shape index (κ2) is 12.6. The molecule has 0 saturated carbocycles. The van der Waals surface area contributed by atoms with Crippen LogP contribution in [0.1, 0.15) is 38.9 Å². The second-order valence-electron chi connectivity index (χ2n) is 15.1. The van der Waals surface area contributed by atoms with E-state index in [9.17, 15) is 0 Å². The van der Waals surface area contributed by atoms with Crippen molar-refractivity contribution in [2.24, 2.45) is 0 Å². The summed E-state index contributed by atoms with van der Waals surface area (Å²) in [5, 5.41) is 0. The summed E-state index contributed by atoms with van der Waals surface area (Å²) < 4.78 is 0. The Bertz CT molecular complexity index is 2520. The summed E-state index contributed by atoms with van der Waals surface area (Å²) in [6.07, 6.45) is 0. The first-order chi connectivity index (χ1) is 25.7.